The zero-order chi connectivity index (χ0) is 14.6. The van der Waals surface area contributed by atoms with Gasteiger partial charge in [0.1, 0.15) is 0 Å². The number of sulfone groups is 1. The van der Waals surface area contributed by atoms with Gasteiger partial charge in [0.2, 0.25) is 0 Å². The Morgan fingerprint density at radius 2 is 2.00 bits per heavy atom. The van der Waals surface area contributed by atoms with Gasteiger partial charge >= 0.3 is 0 Å². The summed E-state index contributed by atoms with van der Waals surface area (Å²) in [6, 6.07) is 0.256. The van der Waals surface area contributed by atoms with Crippen molar-refractivity contribution in [1.82, 2.24) is 10.2 Å². The fraction of sp³-hybridized carbons (Fsp3) is 1.00. The molecule has 1 aliphatic heterocycles. The molecular formula is C15H30N2O2S. The summed E-state index contributed by atoms with van der Waals surface area (Å²) in [6.07, 6.45) is 8.03. The average Bonchev–Trinajstić information content (AvgIpc) is 2.88. The second-order valence-electron chi connectivity index (χ2n) is 6.57. The van der Waals surface area contributed by atoms with Crippen LogP contribution in [0.4, 0.5) is 0 Å². The van der Waals surface area contributed by atoms with Crippen molar-refractivity contribution in [2.45, 2.75) is 56.7 Å². The minimum absolute atomic E-state index is 0.134. The highest BCUT2D eigenvalue weighted by molar-refractivity contribution is 7.91. The van der Waals surface area contributed by atoms with Crippen molar-refractivity contribution in [3.05, 3.63) is 0 Å². The molecule has 0 aromatic rings. The van der Waals surface area contributed by atoms with E-state index in [0.29, 0.717) is 5.92 Å². The van der Waals surface area contributed by atoms with Gasteiger partial charge in [-0.1, -0.05) is 13.3 Å². The molecule has 1 N–H and O–H groups in total. The van der Waals surface area contributed by atoms with E-state index in [1.54, 1.807) is 0 Å². The zero-order valence-corrected chi connectivity index (χ0v) is 13.8. The summed E-state index contributed by atoms with van der Waals surface area (Å²) in [4.78, 5) is 2.48. The van der Waals surface area contributed by atoms with E-state index < -0.39 is 9.84 Å². The van der Waals surface area contributed by atoms with Gasteiger partial charge in [0.15, 0.2) is 9.84 Å². The van der Waals surface area contributed by atoms with E-state index >= 15 is 0 Å². The van der Waals surface area contributed by atoms with Crippen molar-refractivity contribution in [1.29, 1.82) is 0 Å². The summed E-state index contributed by atoms with van der Waals surface area (Å²) in [6.45, 7) is 6.53. The Morgan fingerprint density at radius 1 is 1.20 bits per heavy atom. The Kier molecular flexibility index (Phi) is 5.87. The van der Waals surface area contributed by atoms with Crippen LogP contribution in [0.1, 0.15) is 45.4 Å². The number of nitrogens with one attached hydrogen (secondary N) is 1. The Labute approximate surface area is 124 Å². The molecule has 4 nitrogen and oxygen atoms in total. The van der Waals surface area contributed by atoms with E-state index in [0.717, 1.165) is 51.9 Å². The summed E-state index contributed by atoms with van der Waals surface area (Å²) in [5.41, 5.74) is 0. The lowest BCUT2D eigenvalue weighted by Gasteiger charge is -2.36. The van der Waals surface area contributed by atoms with Gasteiger partial charge in [-0.3, -0.25) is 4.90 Å². The maximum absolute atomic E-state index is 12.0. The summed E-state index contributed by atoms with van der Waals surface area (Å²) in [7, 11) is -2.91. The van der Waals surface area contributed by atoms with Crippen LogP contribution < -0.4 is 5.32 Å². The van der Waals surface area contributed by atoms with E-state index in [1.807, 2.05) is 0 Å². The predicted octanol–water partition coefficient (Wildman–Crippen LogP) is 1.66. The Hall–Kier alpha value is -0.130. The van der Waals surface area contributed by atoms with Crippen molar-refractivity contribution in [2.75, 3.05) is 32.4 Å². The number of nitrogens with zero attached hydrogens (tertiary/aromatic N) is 1. The van der Waals surface area contributed by atoms with Crippen LogP contribution >= 0.6 is 0 Å². The molecule has 1 saturated carbocycles. The van der Waals surface area contributed by atoms with E-state index in [4.69, 9.17) is 0 Å². The first kappa shape index (κ1) is 16.2. The molecule has 0 radical (unpaired) electrons. The number of hydrogen-bond acceptors (Lipinski definition) is 4. The van der Waals surface area contributed by atoms with Crippen molar-refractivity contribution in [2.24, 2.45) is 5.92 Å². The van der Waals surface area contributed by atoms with Gasteiger partial charge in [-0.2, -0.15) is 0 Å². The van der Waals surface area contributed by atoms with Crippen LogP contribution in [0.25, 0.3) is 0 Å². The first-order valence-electron chi connectivity index (χ1n) is 8.16. The van der Waals surface area contributed by atoms with E-state index in [-0.39, 0.29) is 11.3 Å². The molecule has 2 aliphatic rings. The van der Waals surface area contributed by atoms with Crippen LogP contribution in [0.15, 0.2) is 0 Å². The fourth-order valence-corrected chi connectivity index (χ4v) is 5.39. The summed E-state index contributed by atoms with van der Waals surface area (Å²) >= 11 is 0. The van der Waals surface area contributed by atoms with Gasteiger partial charge in [-0.05, 0) is 57.7 Å². The van der Waals surface area contributed by atoms with Crippen LogP contribution in [-0.4, -0.2) is 57.0 Å². The topological polar surface area (TPSA) is 49.4 Å². The smallest absolute Gasteiger partial charge is 0.151 e. The maximum Gasteiger partial charge on any atom is 0.151 e. The van der Waals surface area contributed by atoms with Gasteiger partial charge in [0.25, 0.3) is 0 Å². The van der Waals surface area contributed by atoms with Crippen LogP contribution in [0.2, 0.25) is 0 Å². The SMILES string of the molecule is CCCN(CC1CCCNC1)C1CCCC1S(C)(=O)=O. The Bertz CT molecular complexity index is 391. The molecule has 0 aromatic heterocycles. The van der Waals surface area contributed by atoms with E-state index in [9.17, 15) is 8.42 Å². The van der Waals surface area contributed by atoms with Crippen LogP contribution in [0.5, 0.6) is 0 Å². The molecule has 5 heteroatoms. The largest absolute Gasteiger partial charge is 0.316 e. The molecule has 3 atom stereocenters. The van der Waals surface area contributed by atoms with Gasteiger partial charge in [-0.15, -0.1) is 0 Å². The number of rotatable bonds is 6. The van der Waals surface area contributed by atoms with Crippen molar-refractivity contribution in [3.8, 4) is 0 Å². The van der Waals surface area contributed by atoms with Gasteiger partial charge in [0.05, 0.1) is 5.25 Å². The monoisotopic (exact) mass is 302 g/mol. The molecule has 1 saturated heterocycles. The third-order valence-electron chi connectivity index (χ3n) is 4.84. The second kappa shape index (κ2) is 7.23. The van der Waals surface area contributed by atoms with E-state index in [1.165, 1.54) is 19.1 Å². The van der Waals surface area contributed by atoms with Gasteiger partial charge < -0.3 is 5.32 Å². The quantitative estimate of drug-likeness (QED) is 0.811. The summed E-state index contributed by atoms with van der Waals surface area (Å²) < 4.78 is 24.0. The molecule has 3 unspecified atom stereocenters. The van der Waals surface area contributed by atoms with Crippen molar-refractivity contribution >= 4 is 9.84 Å². The van der Waals surface area contributed by atoms with Gasteiger partial charge in [0, 0.05) is 18.8 Å². The highest BCUT2D eigenvalue weighted by Crippen LogP contribution is 2.30. The number of piperidine rings is 1. The average molecular weight is 302 g/mol. The maximum atomic E-state index is 12.0. The minimum atomic E-state index is -2.91. The first-order valence-corrected chi connectivity index (χ1v) is 10.1. The minimum Gasteiger partial charge on any atom is -0.316 e. The van der Waals surface area contributed by atoms with Crippen LogP contribution in [-0.2, 0) is 9.84 Å². The molecule has 0 amide bonds. The highest BCUT2D eigenvalue weighted by Gasteiger charge is 2.38. The molecular weight excluding hydrogens is 272 g/mol. The Morgan fingerprint density at radius 3 is 2.60 bits per heavy atom. The number of hydrogen-bond donors (Lipinski definition) is 1. The molecule has 118 valence electrons. The molecule has 0 aromatic carbocycles. The van der Waals surface area contributed by atoms with Crippen LogP contribution in [0, 0.1) is 5.92 Å². The molecule has 1 heterocycles. The lowest BCUT2D eigenvalue weighted by atomic mass is 9.98. The van der Waals surface area contributed by atoms with Crippen molar-refractivity contribution < 1.29 is 8.42 Å². The van der Waals surface area contributed by atoms with Gasteiger partial charge in [-0.25, -0.2) is 8.42 Å². The second-order valence-corrected chi connectivity index (χ2v) is 8.84. The Balaban J connectivity index is 2.02. The lowest BCUT2D eigenvalue weighted by Crippen LogP contribution is -2.48. The first-order chi connectivity index (χ1) is 9.52. The van der Waals surface area contributed by atoms with E-state index in [2.05, 4.69) is 17.1 Å². The molecule has 1 aliphatic carbocycles. The lowest BCUT2D eigenvalue weighted by molar-refractivity contribution is 0.156. The van der Waals surface area contributed by atoms with Crippen molar-refractivity contribution in [3.63, 3.8) is 0 Å². The third kappa shape index (κ3) is 4.18. The van der Waals surface area contributed by atoms with Crippen LogP contribution in [0.3, 0.4) is 0 Å². The molecule has 0 spiro atoms. The molecule has 2 fully saturated rings. The third-order valence-corrected chi connectivity index (χ3v) is 6.49. The fourth-order valence-electron chi connectivity index (χ4n) is 3.91. The normalized spacial score (nSPS) is 31.9. The summed E-state index contributed by atoms with van der Waals surface area (Å²) in [5, 5.41) is 3.34. The standard InChI is InChI=1S/C15H30N2O2S/c1-3-10-17(12-13-6-5-9-16-11-13)14-7-4-8-15(14)20(2,18)19/h13-16H,3-12H2,1-2H3. The predicted molar refractivity (Wildman–Crippen MR) is 83.7 cm³/mol. The zero-order valence-electron chi connectivity index (χ0n) is 13.0. The molecule has 2 rings (SSSR count). The molecule has 20 heavy (non-hydrogen) atoms. The highest BCUT2D eigenvalue weighted by atomic mass is 32.2. The summed E-state index contributed by atoms with van der Waals surface area (Å²) in [5.74, 6) is 0.691. The molecule has 0 bridgehead atoms.